The van der Waals surface area contributed by atoms with Gasteiger partial charge in [0.25, 0.3) is 5.91 Å². The van der Waals surface area contributed by atoms with E-state index >= 15 is 0 Å². The number of para-hydroxylation sites is 1. The van der Waals surface area contributed by atoms with Gasteiger partial charge in [0.15, 0.2) is 6.61 Å². The van der Waals surface area contributed by atoms with Crippen LogP contribution in [0.1, 0.15) is 5.56 Å². The molecule has 0 aliphatic rings. The third-order valence-electron chi connectivity index (χ3n) is 3.01. The fraction of sp³-hybridized carbons (Fsp3) is 0.133. The second-order valence-electron chi connectivity index (χ2n) is 4.93. The van der Waals surface area contributed by atoms with Gasteiger partial charge in [-0.1, -0.05) is 18.2 Å². The molecule has 0 fully saturated rings. The van der Waals surface area contributed by atoms with Crippen molar-refractivity contribution < 1.29 is 37.1 Å². The number of anilines is 1. The Labute approximate surface area is 140 Å². The van der Waals surface area contributed by atoms with Crippen molar-refractivity contribution in [1.29, 1.82) is 0 Å². The maximum atomic E-state index is 12.6. The molecule has 0 saturated carbocycles. The van der Waals surface area contributed by atoms with E-state index in [1.807, 2.05) is 0 Å². The van der Waals surface area contributed by atoms with E-state index in [1.165, 1.54) is 24.3 Å². The number of carbonyl (C=O) groups excluding carboxylic acids is 1. The van der Waals surface area contributed by atoms with Gasteiger partial charge in [0.1, 0.15) is 11.1 Å². The molecule has 134 valence electrons. The predicted molar refractivity (Wildman–Crippen MR) is 83.7 cm³/mol. The third-order valence-corrected chi connectivity index (χ3v) is 4.01. The first-order chi connectivity index (χ1) is 11.6. The van der Waals surface area contributed by atoms with Crippen LogP contribution in [0, 0.1) is 0 Å². The Morgan fingerprint density at radius 2 is 1.80 bits per heavy atom. The van der Waals surface area contributed by atoms with Crippen LogP contribution in [-0.4, -0.2) is 22.3 Å². The quantitative estimate of drug-likeness (QED) is 0.698. The Hall–Kier alpha value is -2.35. The van der Waals surface area contributed by atoms with Gasteiger partial charge in [0, 0.05) is 5.69 Å². The molecule has 0 unspecified atom stereocenters. The summed E-state index contributed by atoms with van der Waals surface area (Å²) in [5.41, 5.74) is -0.996. The Balaban J connectivity index is 2.04. The summed E-state index contributed by atoms with van der Waals surface area (Å²) in [4.78, 5) is 30.2. The molecular weight excluding hydrogens is 362 g/mol. The number of benzene rings is 2. The summed E-state index contributed by atoms with van der Waals surface area (Å²) in [5.74, 6) is -0.963. The van der Waals surface area contributed by atoms with Crippen LogP contribution in [0.5, 0.6) is 5.75 Å². The minimum atomic E-state index is -4.59. The predicted octanol–water partition coefficient (Wildman–Crippen LogP) is 2.53. The van der Waals surface area contributed by atoms with Crippen LogP contribution in [-0.2, 0) is 15.5 Å². The molecule has 2 aromatic rings. The summed E-state index contributed by atoms with van der Waals surface area (Å²) in [6.45, 7) is -0.632. The van der Waals surface area contributed by atoms with Crippen molar-refractivity contribution in [3.8, 4) is 5.75 Å². The van der Waals surface area contributed by atoms with E-state index in [4.69, 9.17) is 4.74 Å². The van der Waals surface area contributed by atoms with Crippen LogP contribution in [0.25, 0.3) is 0 Å². The van der Waals surface area contributed by atoms with E-state index in [0.717, 1.165) is 24.3 Å². The molecule has 10 heteroatoms. The molecule has 0 aliphatic carbocycles. The minimum absolute atomic E-state index is 0.0771. The van der Waals surface area contributed by atoms with Gasteiger partial charge in [-0.2, -0.15) is 13.2 Å². The highest BCUT2D eigenvalue weighted by Crippen LogP contribution is 2.37. The monoisotopic (exact) mass is 375 g/mol. The number of carbonyl (C=O) groups is 1. The molecule has 1 amide bonds. The van der Waals surface area contributed by atoms with E-state index in [-0.39, 0.29) is 16.7 Å². The number of alkyl halides is 3. The van der Waals surface area contributed by atoms with Gasteiger partial charge in [0.05, 0.1) is 5.56 Å². The molecular formula is C15H13F3NO5P. The first-order valence-corrected chi connectivity index (χ1v) is 8.43. The van der Waals surface area contributed by atoms with Crippen molar-refractivity contribution in [3.63, 3.8) is 0 Å². The number of hydrogen-bond donors (Lipinski definition) is 3. The molecule has 0 aliphatic heterocycles. The number of halogens is 3. The van der Waals surface area contributed by atoms with Gasteiger partial charge in [-0.15, -0.1) is 0 Å². The number of ether oxygens (including phenoxy) is 1. The van der Waals surface area contributed by atoms with Gasteiger partial charge in [0.2, 0.25) is 0 Å². The normalized spacial score (nSPS) is 11.9. The van der Waals surface area contributed by atoms with Gasteiger partial charge >= 0.3 is 13.8 Å². The van der Waals surface area contributed by atoms with Gasteiger partial charge in [-0.25, -0.2) is 0 Å². The first-order valence-electron chi connectivity index (χ1n) is 6.82. The van der Waals surface area contributed by atoms with Crippen LogP contribution < -0.4 is 15.4 Å². The number of nitrogens with one attached hydrogen (secondary N) is 1. The zero-order chi connectivity index (χ0) is 18.7. The van der Waals surface area contributed by atoms with E-state index in [2.05, 4.69) is 5.32 Å². The van der Waals surface area contributed by atoms with Crippen LogP contribution in [0.4, 0.5) is 18.9 Å². The maximum absolute atomic E-state index is 12.6. The topological polar surface area (TPSA) is 95.9 Å². The van der Waals surface area contributed by atoms with Gasteiger partial charge in [-0.05, 0) is 30.3 Å². The molecule has 0 spiro atoms. The summed E-state index contributed by atoms with van der Waals surface area (Å²) in [6, 6.07) is 9.32. The van der Waals surface area contributed by atoms with Crippen molar-refractivity contribution in [2.24, 2.45) is 0 Å². The molecule has 0 atom stereocenters. The van der Waals surface area contributed by atoms with Gasteiger partial charge < -0.3 is 19.8 Å². The molecule has 2 rings (SSSR count). The number of rotatable bonds is 5. The van der Waals surface area contributed by atoms with Crippen molar-refractivity contribution in [2.45, 2.75) is 6.18 Å². The van der Waals surface area contributed by atoms with Crippen molar-refractivity contribution in [3.05, 3.63) is 54.1 Å². The lowest BCUT2D eigenvalue weighted by molar-refractivity contribution is -0.137. The summed E-state index contributed by atoms with van der Waals surface area (Å²) in [7, 11) is -4.59. The van der Waals surface area contributed by atoms with E-state index < -0.39 is 31.8 Å². The SMILES string of the molecule is O=C(COc1ccccc1P(=O)(O)O)Nc1cccc(C(F)(F)F)c1. The minimum Gasteiger partial charge on any atom is -0.483 e. The Kier molecular flexibility index (Phi) is 5.52. The molecule has 6 nitrogen and oxygen atoms in total. The lowest BCUT2D eigenvalue weighted by Gasteiger charge is -2.13. The zero-order valence-electron chi connectivity index (χ0n) is 12.5. The van der Waals surface area contributed by atoms with E-state index in [9.17, 15) is 32.3 Å². The smallest absolute Gasteiger partial charge is 0.416 e. The van der Waals surface area contributed by atoms with Crippen LogP contribution in [0.3, 0.4) is 0 Å². The lowest BCUT2D eigenvalue weighted by Crippen LogP contribution is -2.22. The molecule has 3 N–H and O–H groups in total. The van der Waals surface area contributed by atoms with E-state index in [1.54, 1.807) is 0 Å². The summed E-state index contributed by atoms with van der Waals surface area (Å²) in [5, 5.41) is 1.84. The Morgan fingerprint density at radius 1 is 1.12 bits per heavy atom. The highest BCUT2D eigenvalue weighted by atomic mass is 31.2. The molecule has 0 radical (unpaired) electrons. The molecule has 0 saturated heterocycles. The van der Waals surface area contributed by atoms with Crippen LogP contribution in [0.2, 0.25) is 0 Å². The van der Waals surface area contributed by atoms with E-state index in [0.29, 0.717) is 0 Å². The average molecular weight is 375 g/mol. The fourth-order valence-electron chi connectivity index (χ4n) is 1.93. The lowest BCUT2D eigenvalue weighted by atomic mass is 10.2. The standard InChI is InChI=1S/C15H13F3NO5P/c16-15(17,18)10-4-3-5-11(8-10)19-14(20)9-24-12-6-1-2-7-13(12)25(21,22)23/h1-8H,9H2,(H,19,20)(H2,21,22,23). The summed E-state index contributed by atoms with van der Waals surface area (Å²) in [6.07, 6.45) is -4.54. The number of hydrogen-bond acceptors (Lipinski definition) is 3. The van der Waals surface area contributed by atoms with Crippen molar-refractivity contribution in [2.75, 3.05) is 11.9 Å². The van der Waals surface area contributed by atoms with Gasteiger partial charge in [-0.3, -0.25) is 9.36 Å². The second kappa shape index (κ2) is 7.26. The highest BCUT2D eigenvalue weighted by molar-refractivity contribution is 7.60. The molecule has 0 heterocycles. The Bertz CT molecular complexity index is 819. The first kappa shape index (κ1) is 19.0. The summed E-state index contributed by atoms with van der Waals surface area (Å²) < 4.78 is 54.3. The molecule has 2 aromatic carbocycles. The maximum Gasteiger partial charge on any atom is 0.416 e. The third kappa shape index (κ3) is 5.32. The number of amides is 1. The molecule has 0 bridgehead atoms. The fourth-order valence-corrected chi connectivity index (χ4v) is 2.64. The Morgan fingerprint density at radius 3 is 2.44 bits per heavy atom. The largest absolute Gasteiger partial charge is 0.483 e. The highest BCUT2D eigenvalue weighted by Gasteiger charge is 2.30. The zero-order valence-corrected chi connectivity index (χ0v) is 13.4. The second-order valence-corrected chi connectivity index (χ2v) is 6.50. The van der Waals surface area contributed by atoms with Crippen LogP contribution >= 0.6 is 7.60 Å². The molecule has 0 aromatic heterocycles. The summed E-state index contributed by atoms with van der Waals surface area (Å²) >= 11 is 0. The molecule has 25 heavy (non-hydrogen) atoms. The van der Waals surface area contributed by atoms with Crippen LogP contribution in [0.15, 0.2) is 48.5 Å². The van der Waals surface area contributed by atoms with Crippen molar-refractivity contribution in [1.82, 2.24) is 0 Å². The van der Waals surface area contributed by atoms with Crippen molar-refractivity contribution >= 4 is 24.5 Å². The average Bonchev–Trinajstić information content (AvgIpc) is 2.52.